The van der Waals surface area contributed by atoms with Gasteiger partial charge < -0.3 is 10.2 Å². The standard InChI is InChI=1S/C30H35BrN2O2S/c1-30(2,3)32-29(35)27(20-23-10-6-4-7-11-23)33(21-24-14-16-26(31)17-15-24)28(34)18-19-36-22-25-12-8-5-9-13-25/h4-17,27H,18-22H2,1-3H3,(H,32,35)/t27-/m1/s1. The minimum absolute atomic E-state index is 0.0107. The molecule has 0 aromatic heterocycles. The molecule has 0 radical (unpaired) electrons. The van der Waals surface area contributed by atoms with Gasteiger partial charge in [0.05, 0.1) is 0 Å². The van der Waals surface area contributed by atoms with Gasteiger partial charge in [-0.3, -0.25) is 9.59 Å². The van der Waals surface area contributed by atoms with Crippen LogP contribution in [0.5, 0.6) is 0 Å². The van der Waals surface area contributed by atoms with E-state index in [9.17, 15) is 9.59 Å². The number of amides is 2. The fraction of sp³-hybridized carbons (Fsp3) is 0.333. The number of thioether (sulfide) groups is 1. The Morgan fingerprint density at radius 1 is 0.861 bits per heavy atom. The normalized spacial score (nSPS) is 12.1. The first-order valence-electron chi connectivity index (χ1n) is 12.2. The summed E-state index contributed by atoms with van der Waals surface area (Å²) in [5, 5.41) is 3.11. The first-order valence-corrected chi connectivity index (χ1v) is 14.2. The van der Waals surface area contributed by atoms with E-state index in [0.29, 0.717) is 25.1 Å². The summed E-state index contributed by atoms with van der Waals surface area (Å²) in [4.78, 5) is 29.0. The van der Waals surface area contributed by atoms with Crippen LogP contribution in [0, 0.1) is 0 Å². The van der Waals surface area contributed by atoms with Crippen LogP contribution in [0.4, 0.5) is 0 Å². The summed E-state index contributed by atoms with van der Waals surface area (Å²) in [6, 6.07) is 27.5. The Bertz CT molecular complexity index is 1100. The van der Waals surface area contributed by atoms with Crippen LogP contribution in [0.15, 0.2) is 89.4 Å². The van der Waals surface area contributed by atoms with E-state index >= 15 is 0 Å². The maximum atomic E-state index is 13.7. The molecule has 0 bridgehead atoms. The molecule has 0 spiro atoms. The van der Waals surface area contributed by atoms with Gasteiger partial charge in [0.15, 0.2) is 0 Å². The van der Waals surface area contributed by atoms with Crippen LogP contribution < -0.4 is 5.32 Å². The van der Waals surface area contributed by atoms with Gasteiger partial charge in [0.2, 0.25) is 11.8 Å². The van der Waals surface area contributed by atoms with Gasteiger partial charge in [-0.25, -0.2) is 0 Å². The molecule has 3 aromatic carbocycles. The van der Waals surface area contributed by atoms with E-state index < -0.39 is 11.6 Å². The fourth-order valence-corrected chi connectivity index (χ4v) is 5.02. The largest absolute Gasteiger partial charge is 0.350 e. The van der Waals surface area contributed by atoms with Gasteiger partial charge >= 0.3 is 0 Å². The van der Waals surface area contributed by atoms with E-state index in [1.54, 1.807) is 16.7 Å². The van der Waals surface area contributed by atoms with Crippen molar-refractivity contribution in [3.8, 4) is 0 Å². The van der Waals surface area contributed by atoms with Gasteiger partial charge in [0.1, 0.15) is 6.04 Å². The van der Waals surface area contributed by atoms with Crippen LogP contribution >= 0.6 is 27.7 Å². The molecule has 1 atom stereocenters. The Kier molecular flexibility index (Phi) is 10.6. The first kappa shape index (κ1) is 28.0. The summed E-state index contributed by atoms with van der Waals surface area (Å²) < 4.78 is 0.979. The summed E-state index contributed by atoms with van der Waals surface area (Å²) in [5.41, 5.74) is 2.86. The SMILES string of the molecule is CC(C)(C)NC(=O)[C@@H](Cc1ccccc1)N(Cc1ccc(Br)cc1)C(=O)CCSCc1ccccc1. The highest BCUT2D eigenvalue weighted by Gasteiger charge is 2.32. The maximum absolute atomic E-state index is 13.7. The highest BCUT2D eigenvalue weighted by Crippen LogP contribution is 2.20. The molecule has 4 nitrogen and oxygen atoms in total. The number of rotatable bonds is 11. The predicted octanol–water partition coefficient (Wildman–Crippen LogP) is 6.63. The third kappa shape index (κ3) is 9.47. The van der Waals surface area contributed by atoms with Crippen LogP contribution in [0.2, 0.25) is 0 Å². The van der Waals surface area contributed by atoms with Crippen molar-refractivity contribution in [2.75, 3.05) is 5.75 Å². The molecule has 0 aliphatic heterocycles. The molecule has 1 N–H and O–H groups in total. The minimum atomic E-state index is -0.609. The van der Waals surface area contributed by atoms with E-state index in [4.69, 9.17) is 0 Å². The van der Waals surface area contributed by atoms with Crippen LogP contribution in [-0.4, -0.2) is 34.0 Å². The molecule has 6 heteroatoms. The number of hydrogen-bond acceptors (Lipinski definition) is 3. The van der Waals surface area contributed by atoms with Crippen LogP contribution in [0.3, 0.4) is 0 Å². The Balaban J connectivity index is 1.81. The third-order valence-corrected chi connectivity index (χ3v) is 7.17. The van der Waals surface area contributed by atoms with Gasteiger partial charge in [0.25, 0.3) is 0 Å². The second-order valence-electron chi connectivity index (χ2n) is 9.88. The molecule has 3 rings (SSSR count). The lowest BCUT2D eigenvalue weighted by Crippen LogP contribution is -2.54. The molecule has 0 aliphatic rings. The van der Waals surface area contributed by atoms with Crippen molar-refractivity contribution in [3.05, 3.63) is 106 Å². The van der Waals surface area contributed by atoms with E-state index in [-0.39, 0.29) is 11.8 Å². The maximum Gasteiger partial charge on any atom is 0.243 e. The molecular weight excluding hydrogens is 532 g/mol. The molecule has 0 unspecified atom stereocenters. The van der Waals surface area contributed by atoms with Crippen LogP contribution in [0.25, 0.3) is 0 Å². The lowest BCUT2D eigenvalue weighted by atomic mass is 10.0. The molecular formula is C30H35BrN2O2S. The van der Waals surface area contributed by atoms with Gasteiger partial charge in [-0.2, -0.15) is 11.8 Å². The summed E-state index contributed by atoms with van der Waals surface area (Å²) in [6.07, 6.45) is 0.838. The van der Waals surface area contributed by atoms with Crippen LogP contribution in [-0.2, 0) is 28.3 Å². The lowest BCUT2D eigenvalue weighted by Gasteiger charge is -2.34. The van der Waals surface area contributed by atoms with Gasteiger partial charge in [-0.1, -0.05) is 88.7 Å². The molecule has 0 fully saturated rings. The first-order chi connectivity index (χ1) is 17.2. The average Bonchev–Trinajstić information content (AvgIpc) is 2.85. The Labute approximate surface area is 228 Å². The van der Waals surface area contributed by atoms with Crippen molar-refractivity contribution in [2.24, 2.45) is 0 Å². The third-order valence-electron chi connectivity index (χ3n) is 5.61. The van der Waals surface area contributed by atoms with Crippen molar-refractivity contribution in [3.63, 3.8) is 0 Å². The quantitative estimate of drug-likeness (QED) is 0.265. The number of hydrogen-bond donors (Lipinski definition) is 1. The van der Waals surface area contributed by atoms with E-state index in [1.807, 2.05) is 93.6 Å². The van der Waals surface area contributed by atoms with E-state index in [1.165, 1.54) is 5.56 Å². The zero-order valence-electron chi connectivity index (χ0n) is 21.2. The van der Waals surface area contributed by atoms with Gasteiger partial charge in [-0.05, 0) is 49.6 Å². The zero-order valence-corrected chi connectivity index (χ0v) is 23.6. The summed E-state index contributed by atoms with van der Waals surface area (Å²) in [5.74, 6) is 1.42. The second-order valence-corrected chi connectivity index (χ2v) is 11.9. The predicted molar refractivity (Wildman–Crippen MR) is 154 cm³/mol. The minimum Gasteiger partial charge on any atom is -0.350 e. The second kappa shape index (κ2) is 13.7. The van der Waals surface area contributed by atoms with Crippen molar-refractivity contribution < 1.29 is 9.59 Å². The van der Waals surface area contributed by atoms with Crippen LogP contribution in [0.1, 0.15) is 43.9 Å². The fourth-order valence-electron chi connectivity index (χ4n) is 3.86. The monoisotopic (exact) mass is 566 g/mol. The molecule has 0 heterocycles. The number of halogens is 1. The summed E-state index contributed by atoms with van der Waals surface area (Å²) >= 11 is 5.22. The molecule has 3 aromatic rings. The number of nitrogens with one attached hydrogen (secondary N) is 1. The Hall–Kier alpha value is -2.57. The lowest BCUT2D eigenvalue weighted by molar-refractivity contribution is -0.141. The van der Waals surface area contributed by atoms with Gasteiger partial charge in [0, 0.05) is 40.9 Å². The Morgan fingerprint density at radius 3 is 2.03 bits per heavy atom. The summed E-state index contributed by atoms with van der Waals surface area (Å²) in [7, 11) is 0. The molecule has 0 saturated heterocycles. The molecule has 0 aliphatic carbocycles. The average molecular weight is 568 g/mol. The Morgan fingerprint density at radius 2 is 1.44 bits per heavy atom. The van der Waals surface area contributed by atoms with Crippen molar-refractivity contribution in [1.82, 2.24) is 10.2 Å². The molecule has 2 amide bonds. The highest BCUT2D eigenvalue weighted by molar-refractivity contribution is 9.10. The number of benzene rings is 3. The zero-order chi connectivity index (χ0) is 26.0. The molecule has 0 saturated carbocycles. The number of carbonyl (C=O) groups excluding carboxylic acids is 2. The number of carbonyl (C=O) groups is 2. The topological polar surface area (TPSA) is 49.4 Å². The molecule has 36 heavy (non-hydrogen) atoms. The highest BCUT2D eigenvalue weighted by atomic mass is 79.9. The van der Waals surface area contributed by atoms with E-state index in [0.717, 1.165) is 21.4 Å². The summed E-state index contributed by atoms with van der Waals surface area (Å²) in [6.45, 7) is 6.27. The van der Waals surface area contributed by atoms with E-state index in [2.05, 4.69) is 33.4 Å². The number of nitrogens with zero attached hydrogens (tertiary/aromatic N) is 1. The van der Waals surface area contributed by atoms with Crippen molar-refractivity contribution in [2.45, 2.75) is 57.5 Å². The van der Waals surface area contributed by atoms with Crippen molar-refractivity contribution in [1.29, 1.82) is 0 Å². The molecule has 190 valence electrons. The smallest absolute Gasteiger partial charge is 0.243 e. The van der Waals surface area contributed by atoms with Crippen molar-refractivity contribution >= 4 is 39.5 Å². The van der Waals surface area contributed by atoms with Gasteiger partial charge in [-0.15, -0.1) is 0 Å².